The van der Waals surface area contributed by atoms with E-state index in [-0.39, 0.29) is 11.9 Å². The van der Waals surface area contributed by atoms with Gasteiger partial charge in [0.05, 0.1) is 7.11 Å². The van der Waals surface area contributed by atoms with Crippen LogP contribution in [0.2, 0.25) is 0 Å². The van der Waals surface area contributed by atoms with Gasteiger partial charge in [-0.1, -0.05) is 55.5 Å². The predicted molar refractivity (Wildman–Crippen MR) is 97.2 cm³/mol. The van der Waals surface area contributed by atoms with Gasteiger partial charge >= 0.3 is 0 Å². The van der Waals surface area contributed by atoms with Gasteiger partial charge in [0, 0.05) is 6.54 Å². The van der Waals surface area contributed by atoms with Crippen LogP contribution in [0, 0.1) is 0 Å². The lowest BCUT2D eigenvalue weighted by atomic mass is 10.0. The maximum Gasteiger partial charge on any atom is 0.241 e. The van der Waals surface area contributed by atoms with Crippen LogP contribution in [0.25, 0.3) is 0 Å². The Morgan fingerprint density at radius 2 is 1.79 bits per heavy atom. The molecule has 0 unspecified atom stereocenters. The van der Waals surface area contributed by atoms with Crippen LogP contribution in [0.1, 0.15) is 24.1 Å². The van der Waals surface area contributed by atoms with Crippen LogP contribution >= 0.6 is 0 Å². The molecule has 0 aliphatic carbocycles. The topological polar surface area (TPSA) is 41.6 Å². The molecule has 1 amide bonds. The van der Waals surface area contributed by atoms with E-state index in [0.717, 1.165) is 29.8 Å². The molecule has 0 aliphatic rings. The predicted octanol–water partition coefficient (Wildman–Crippen LogP) is 3.05. The molecule has 128 valence electrons. The number of hydrogen-bond donors (Lipinski definition) is 1. The number of nitrogens with one attached hydrogen (secondary N) is 1. The van der Waals surface area contributed by atoms with Gasteiger partial charge in [0.15, 0.2) is 0 Å². The first-order chi connectivity index (χ1) is 11.7. The summed E-state index contributed by atoms with van der Waals surface area (Å²) in [5.74, 6) is 0.887. The molecular formula is C20H26N2O2. The van der Waals surface area contributed by atoms with Crippen molar-refractivity contribution in [1.29, 1.82) is 0 Å². The molecule has 1 atom stereocenters. The van der Waals surface area contributed by atoms with Gasteiger partial charge in [0.1, 0.15) is 11.8 Å². The van der Waals surface area contributed by atoms with Gasteiger partial charge in [-0.2, -0.15) is 0 Å². The molecule has 0 heterocycles. The SMILES string of the molecule is CCN(C)[C@@H](C(=O)NCCc1ccccc1OC)c1ccccc1. The highest BCUT2D eigenvalue weighted by molar-refractivity contribution is 5.83. The molecule has 0 saturated heterocycles. The Morgan fingerprint density at radius 1 is 1.12 bits per heavy atom. The Bertz CT molecular complexity index is 643. The van der Waals surface area contributed by atoms with E-state index < -0.39 is 0 Å². The molecule has 0 spiro atoms. The summed E-state index contributed by atoms with van der Waals surface area (Å²) in [6, 6.07) is 17.5. The van der Waals surface area contributed by atoms with Crippen LogP contribution in [0.4, 0.5) is 0 Å². The fourth-order valence-corrected chi connectivity index (χ4v) is 2.75. The van der Waals surface area contributed by atoms with Crippen molar-refractivity contribution in [2.75, 3.05) is 27.2 Å². The number of carbonyl (C=O) groups is 1. The van der Waals surface area contributed by atoms with E-state index in [4.69, 9.17) is 4.74 Å². The number of para-hydroxylation sites is 1. The fraction of sp³-hybridized carbons (Fsp3) is 0.350. The molecule has 0 saturated carbocycles. The summed E-state index contributed by atoms with van der Waals surface area (Å²) in [5, 5.41) is 3.06. The van der Waals surface area contributed by atoms with Gasteiger partial charge < -0.3 is 10.1 Å². The number of nitrogens with zero attached hydrogens (tertiary/aromatic N) is 1. The quantitative estimate of drug-likeness (QED) is 0.811. The highest BCUT2D eigenvalue weighted by Crippen LogP contribution is 2.20. The Morgan fingerprint density at radius 3 is 2.46 bits per heavy atom. The second-order valence-electron chi connectivity index (χ2n) is 5.74. The van der Waals surface area contributed by atoms with Crippen LogP contribution < -0.4 is 10.1 Å². The first-order valence-electron chi connectivity index (χ1n) is 8.32. The largest absolute Gasteiger partial charge is 0.496 e. The Balaban J connectivity index is 2.01. The number of methoxy groups -OCH3 is 1. The molecule has 4 heteroatoms. The highest BCUT2D eigenvalue weighted by atomic mass is 16.5. The minimum atomic E-state index is -0.270. The van der Waals surface area contributed by atoms with E-state index in [0.29, 0.717) is 6.54 Å². The Labute approximate surface area is 144 Å². The second-order valence-corrected chi connectivity index (χ2v) is 5.74. The fourth-order valence-electron chi connectivity index (χ4n) is 2.75. The standard InChI is InChI=1S/C20H26N2O2/c1-4-22(2)19(17-11-6-5-7-12-17)20(23)21-15-14-16-10-8-9-13-18(16)24-3/h5-13,19H,4,14-15H2,1-3H3,(H,21,23)/t19-/m1/s1. The van der Waals surface area contributed by atoms with E-state index in [1.54, 1.807) is 7.11 Å². The molecule has 2 aromatic rings. The summed E-state index contributed by atoms with van der Waals surface area (Å²) in [7, 11) is 3.64. The van der Waals surface area contributed by atoms with Crippen LogP contribution in [-0.4, -0.2) is 38.1 Å². The van der Waals surface area contributed by atoms with Gasteiger partial charge in [0.2, 0.25) is 5.91 Å². The Kier molecular flexibility index (Phi) is 6.82. The van der Waals surface area contributed by atoms with Crippen molar-refractivity contribution >= 4 is 5.91 Å². The van der Waals surface area contributed by atoms with Gasteiger partial charge in [-0.15, -0.1) is 0 Å². The molecule has 1 N–H and O–H groups in total. The third-order valence-electron chi connectivity index (χ3n) is 4.19. The highest BCUT2D eigenvalue weighted by Gasteiger charge is 2.23. The van der Waals surface area contributed by atoms with Gasteiger partial charge in [-0.05, 0) is 37.2 Å². The summed E-state index contributed by atoms with van der Waals surface area (Å²) < 4.78 is 5.35. The zero-order chi connectivity index (χ0) is 17.4. The van der Waals surface area contributed by atoms with Crippen molar-refractivity contribution in [2.24, 2.45) is 0 Å². The molecule has 0 aliphatic heterocycles. The molecule has 0 fully saturated rings. The average molecular weight is 326 g/mol. The molecule has 0 bridgehead atoms. The van der Waals surface area contributed by atoms with E-state index in [9.17, 15) is 4.79 Å². The number of hydrogen-bond acceptors (Lipinski definition) is 3. The molecule has 2 aromatic carbocycles. The smallest absolute Gasteiger partial charge is 0.241 e. The maximum atomic E-state index is 12.7. The second kappa shape index (κ2) is 9.08. The number of rotatable bonds is 8. The van der Waals surface area contributed by atoms with Crippen molar-refractivity contribution in [2.45, 2.75) is 19.4 Å². The summed E-state index contributed by atoms with van der Waals surface area (Å²) in [6.07, 6.45) is 0.743. The normalized spacial score (nSPS) is 12.0. The average Bonchev–Trinajstić information content (AvgIpc) is 2.63. The number of ether oxygens (including phenoxy) is 1. The minimum Gasteiger partial charge on any atom is -0.496 e. The van der Waals surface area contributed by atoms with E-state index >= 15 is 0 Å². The minimum absolute atomic E-state index is 0.0282. The number of amides is 1. The number of carbonyl (C=O) groups excluding carboxylic acids is 1. The molecule has 0 radical (unpaired) electrons. The zero-order valence-corrected chi connectivity index (χ0v) is 14.7. The monoisotopic (exact) mass is 326 g/mol. The van der Waals surface area contributed by atoms with Crippen LogP contribution in [0.15, 0.2) is 54.6 Å². The summed E-state index contributed by atoms with van der Waals surface area (Å²) in [4.78, 5) is 14.8. The molecule has 24 heavy (non-hydrogen) atoms. The molecule has 0 aromatic heterocycles. The van der Waals surface area contributed by atoms with Gasteiger partial charge in [0.25, 0.3) is 0 Å². The van der Waals surface area contributed by atoms with Gasteiger partial charge in [-0.3, -0.25) is 9.69 Å². The van der Waals surface area contributed by atoms with Crippen LogP contribution in [0.3, 0.4) is 0 Å². The molecular weight excluding hydrogens is 300 g/mol. The van der Waals surface area contributed by atoms with Gasteiger partial charge in [-0.25, -0.2) is 0 Å². The summed E-state index contributed by atoms with van der Waals surface area (Å²) in [5.41, 5.74) is 2.11. The lowest BCUT2D eigenvalue weighted by Crippen LogP contribution is -2.39. The third kappa shape index (κ3) is 4.59. The van der Waals surface area contributed by atoms with E-state index in [1.807, 2.05) is 66.5 Å². The van der Waals surface area contributed by atoms with Crippen molar-refractivity contribution < 1.29 is 9.53 Å². The van der Waals surface area contributed by atoms with Crippen LogP contribution in [-0.2, 0) is 11.2 Å². The zero-order valence-electron chi connectivity index (χ0n) is 14.7. The lowest BCUT2D eigenvalue weighted by Gasteiger charge is -2.26. The van der Waals surface area contributed by atoms with Crippen molar-refractivity contribution in [1.82, 2.24) is 10.2 Å². The molecule has 4 nitrogen and oxygen atoms in total. The van der Waals surface area contributed by atoms with Crippen molar-refractivity contribution in [3.05, 3.63) is 65.7 Å². The Hall–Kier alpha value is -2.33. The summed E-state index contributed by atoms with van der Waals surface area (Å²) >= 11 is 0. The van der Waals surface area contributed by atoms with Crippen LogP contribution in [0.5, 0.6) is 5.75 Å². The number of benzene rings is 2. The summed E-state index contributed by atoms with van der Waals surface area (Å²) in [6.45, 7) is 3.44. The third-order valence-corrected chi connectivity index (χ3v) is 4.19. The molecule has 2 rings (SSSR count). The number of likely N-dealkylation sites (N-methyl/N-ethyl adjacent to an activating group) is 1. The maximum absolute atomic E-state index is 12.7. The lowest BCUT2D eigenvalue weighted by molar-refractivity contribution is -0.126. The van der Waals surface area contributed by atoms with Crippen molar-refractivity contribution in [3.8, 4) is 5.75 Å². The van der Waals surface area contributed by atoms with E-state index in [2.05, 4.69) is 12.2 Å². The van der Waals surface area contributed by atoms with Crippen molar-refractivity contribution in [3.63, 3.8) is 0 Å². The first-order valence-corrected chi connectivity index (χ1v) is 8.32. The van der Waals surface area contributed by atoms with E-state index in [1.165, 1.54) is 0 Å². The first kappa shape index (κ1) is 18.0.